The summed E-state index contributed by atoms with van der Waals surface area (Å²) in [4.78, 5) is 2.60. The van der Waals surface area contributed by atoms with E-state index in [0.717, 1.165) is 18.7 Å². The maximum atomic E-state index is 6.03. The van der Waals surface area contributed by atoms with Gasteiger partial charge in [0.25, 0.3) is 0 Å². The van der Waals surface area contributed by atoms with Gasteiger partial charge in [-0.2, -0.15) is 0 Å². The van der Waals surface area contributed by atoms with Crippen molar-refractivity contribution in [1.82, 2.24) is 10.2 Å². The van der Waals surface area contributed by atoms with Crippen molar-refractivity contribution >= 4 is 0 Å². The van der Waals surface area contributed by atoms with E-state index in [1.165, 1.54) is 64.5 Å². The summed E-state index contributed by atoms with van der Waals surface area (Å²) >= 11 is 0. The Morgan fingerprint density at radius 3 is 2.78 bits per heavy atom. The molecule has 0 aromatic rings. The average Bonchev–Trinajstić information content (AvgIpc) is 2.38. The maximum Gasteiger partial charge on any atom is 0.0697 e. The first-order valence-electron chi connectivity index (χ1n) is 7.85. The van der Waals surface area contributed by atoms with E-state index in [9.17, 15) is 0 Å². The molecule has 3 aliphatic rings. The van der Waals surface area contributed by atoms with Crippen molar-refractivity contribution in [2.24, 2.45) is 0 Å². The first-order chi connectivity index (χ1) is 8.77. The van der Waals surface area contributed by atoms with Gasteiger partial charge in [0, 0.05) is 25.2 Å². The molecule has 0 amide bonds. The van der Waals surface area contributed by atoms with Crippen molar-refractivity contribution in [2.75, 3.05) is 26.7 Å². The van der Waals surface area contributed by atoms with E-state index in [1.54, 1.807) is 0 Å². The highest BCUT2D eigenvalue weighted by atomic mass is 16.5. The Labute approximate surface area is 111 Å². The Morgan fingerprint density at radius 2 is 2.11 bits per heavy atom. The maximum absolute atomic E-state index is 6.03. The lowest BCUT2D eigenvalue weighted by Gasteiger charge is -2.49. The second-order valence-electron chi connectivity index (χ2n) is 6.62. The highest BCUT2D eigenvalue weighted by Gasteiger charge is 2.43. The van der Waals surface area contributed by atoms with Crippen LogP contribution in [0, 0.1) is 0 Å². The molecule has 1 spiro atoms. The smallest absolute Gasteiger partial charge is 0.0697 e. The average molecular weight is 252 g/mol. The summed E-state index contributed by atoms with van der Waals surface area (Å²) < 4.78 is 6.03. The number of nitrogens with one attached hydrogen (secondary N) is 1. The Balaban J connectivity index is 1.50. The molecule has 0 aromatic heterocycles. The minimum absolute atomic E-state index is 0.289. The summed E-state index contributed by atoms with van der Waals surface area (Å²) in [6.45, 7) is 3.42. The van der Waals surface area contributed by atoms with Crippen molar-refractivity contribution in [3.63, 3.8) is 0 Å². The van der Waals surface area contributed by atoms with Gasteiger partial charge in [0.1, 0.15) is 0 Å². The number of ether oxygens (including phenoxy) is 1. The number of likely N-dealkylation sites (N-methyl/N-ethyl adjacent to an activating group) is 1. The molecule has 2 heterocycles. The van der Waals surface area contributed by atoms with Crippen LogP contribution in [0.15, 0.2) is 0 Å². The van der Waals surface area contributed by atoms with Crippen LogP contribution in [0.25, 0.3) is 0 Å². The zero-order valence-electron chi connectivity index (χ0n) is 11.8. The summed E-state index contributed by atoms with van der Waals surface area (Å²) in [6.07, 6.45) is 10.6. The lowest BCUT2D eigenvalue weighted by atomic mass is 9.73. The van der Waals surface area contributed by atoms with Gasteiger partial charge >= 0.3 is 0 Å². The normalized spacial score (nSPS) is 35.7. The van der Waals surface area contributed by atoms with Crippen LogP contribution in [-0.4, -0.2) is 49.3 Å². The molecule has 1 N–H and O–H groups in total. The largest absolute Gasteiger partial charge is 0.375 e. The van der Waals surface area contributed by atoms with E-state index in [-0.39, 0.29) is 5.60 Å². The molecule has 2 unspecified atom stereocenters. The zero-order valence-corrected chi connectivity index (χ0v) is 11.8. The first kappa shape index (κ1) is 12.9. The van der Waals surface area contributed by atoms with E-state index in [0.29, 0.717) is 0 Å². The van der Waals surface area contributed by atoms with Crippen LogP contribution in [0.2, 0.25) is 0 Å². The molecule has 0 aromatic carbocycles. The lowest BCUT2D eigenvalue weighted by molar-refractivity contribution is -0.147. The first-order valence-corrected chi connectivity index (χ1v) is 7.85. The molecule has 3 nitrogen and oxygen atoms in total. The molecular formula is C15H28N2O. The van der Waals surface area contributed by atoms with Gasteiger partial charge in [0.15, 0.2) is 0 Å². The zero-order chi connectivity index (χ0) is 12.4. The molecule has 18 heavy (non-hydrogen) atoms. The summed E-state index contributed by atoms with van der Waals surface area (Å²) in [6, 6.07) is 1.48. The molecule has 3 heteroatoms. The number of piperidine rings is 1. The summed E-state index contributed by atoms with van der Waals surface area (Å²) in [5, 5.41) is 3.66. The third kappa shape index (κ3) is 2.73. The van der Waals surface area contributed by atoms with Crippen molar-refractivity contribution in [2.45, 2.75) is 69.1 Å². The van der Waals surface area contributed by atoms with Crippen LogP contribution in [0.3, 0.4) is 0 Å². The molecule has 2 atom stereocenters. The van der Waals surface area contributed by atoms with Crippen LogP contribution in [0.4, 0.5) is 0 Å². The monoisotopic (exact) mass is 252 g/mol. The Morgan fingerprint density at radius 1 is 1.22 bits per heavy atom. The number of rotatable bonds is 3. The molecule has 2 saturated heterocycles. The van der Waals surface area contributed by atoms with Gasteiger partial charge < -0.3 is 15.0 Å². The summed E-state index contributed by atoms with van der Waals surface area (Å²) in [5.74, 6) is 0. The van der Waals surface area contributed by atoms with Crippen LogP contribution in [0.1, 0.15) is 51.4 Å². The molecule has 3 fully saturated rings. The molecule has 1 saturated carbocycles. The highest BCUT2D eigenvalue weighted by molar-refractivity contribution is 4.96. The predicted octanol–water partition coefficient (Wildman–Crippen LogP) is 2.16. The van der Waals surface area contributed by atoms with Gasteiger partial charge in [-0.3, -0.25) is 0 Å². The van der Waals surface area contributed by atoms with Gasteiger partial charge in [-0.25, -0.2) is 0 Å². The molecule has 0 radical (unpaired) electrons. The third-order valence-corrected chi connectivity index (χ3v) is 5.28. The SMILES string of the molecule is CN(CC1CCCCN1)C1CCOC2(CCC2)C1. The molecule has 104 valence electrons. The third-order valence-electron chi connectivity index (χ3n) is 5.28. The molecule has 2 aliphatic heterocycles. The lowest BCUT2D eigenvalue weighted by Crippen LogP contribution is -2.53. The van der Waals surface area contributed by atoms with Crippen molar-refractivity contribution < 1.29 is 4.74 Å². The van der Waals surface area contributed by atoms with Crippen LogP contribution in [-0.2, 0) is 4.74 Å². The standard InChI is InChI=1S/C15H28N2O/c1-17(12-13-5-2-3-9-16-13)14-6-10-18-15(11-14)7-4-8-15/h13-14,16H,2-12H2,1H3. The minimum atomic E-state index is 0.289. The van der Waals surface area contributed by atoms with Gasteiger partial charge in [-0.05, 0) is 58.5 Å². The fraction of sp³-hybridized carbons (Fsp3) is 1.00. The van der Waals surface area contributed by atoms with Gasteiger partial charge in [0.2, 0.25) is 0 Å². The summed E-state index contributed by atoms with van der Waals surface area (Å²) in [5.41, 5.74) is 0.289. The fourth-order valence-corrected chi connectivity index (χ4v) is 3.87. The number of nitrogens with zero attached hydrogens (tertiary/aromatic N) is 1. The second-order valence-corrected chi connectivity index (χ2v) is 6.62. The quantitative estimate of drug-likeness (QED) is 0.833. The molecule has 1 aliphatic carbocycles. The van der Waals surface area contributed by atoms with Crippen LogP contribution in [0.5, 0.6) is 0 Å². The molecular weight excluding hydrogens is 224 g/mol. The van der Waals surface area contributed by atoms with E-state index < -0.39 is 0 Å². The highest BCUT2D eigenvalue weighted by Crippen LogP contribution is 2.43. The van der Waals surface area contributed by atoms with Crippen molar-refractivity contribution in [3.05, 3.63) is 0 Å². The second kappa shape index (κ2) is 5.48. The van der Waals surface area contributed by atoms with E-state index >= 15 is 0 Å². The molecule has 3 rings (SSSR count). The Hall–Kier alpha value is -0.120. The van der Waals surface area contributed by atoms with Crippen molar-refractivity contribution in [1.29, 1.82) is 0 Å². The Bertz CT molecular complexity index is 272. The van der Waals surface area contributed by atoms with E-state index in [4.69, 9.17) is 4.74 Å². The minimum Gasteiger partial charge on any atom is -0.375 e. The number of hydrogen-bond donors (Lipinski definition) is 1. The van der Waals surface area contributed by atoms with Crippen LogP contribution >= 0.6 is 0 Å². The topological polar surface area (TPSA) is 24.5 Å². The van der Waals surface area contributed by atoms with Gasteiger partial charge in [-0.15, -0.1) is 0 Å². The summed E-state index contributed by atoms with van der Waals surface area (Å²) in [7, 11) is 2.32. The van der Waals surface area contributed by atoms with Crippen molar-refractivity contribution in [3.8, 4) is 0 Å². The van der Waals surface area contributed by atoms with Gasteiger partial charge in [-0.1, -0.05) is 6.42 Å². The predicted molar refractivity (Wildman–Crippen MR) is 73.8 cm³/mol. The van der Waals surface area contributed by atoms with Crippen LogP contribution < -0.4 is 5.32 Å². The fourth-order valence-electron chi connectivity index (χ4n) is 3.87. The van der Waals surface area contributed by atoms with E-state index in [2.05, 4.69) is 17.3 Å². The molecule has 0 bridgehead atoms. The number of hydrogen-bond acceptors (Lipinski definition) is 3. The Kier molecular flexibility index (Phi) is 3.92. The van der Waals surface area contributed by atoms with Gasteiger partial charge in [0.05, 0.1) is 5.60 Å². The van der Waals surface area contributed by atoms with E-state index in [1.807, 2.05) is 0 Å².